The van der Waals surface area contributed by atoms with Gasteiger partial charge in [-0.2, -0.15) is 0 Å². The molecule has 1 amide bonds. The minimum absolute atomic E-state index is 0.0446. The van der Waals surface area contributed by atoms with E-state index in [4.69, 9.17) is 14.1 Å². The Kier molecular flexibility index (Phi) is 4.87. The first-order valence-electron chi connectivity index (χ1n) is 9.89. The molecule has 1 fully saturated rings. The number of carbonyl (C=O) groups excluding carboxylic acids is 1. The predicted molar refractivity (Wildman–Crippen MR) is 106 cm³/mol. The van der Waals surface area contributed by atoms with Crippen molar-refractivity contribution >= 4 is 11.9 Å². The lowest BCUT2D eigenvalue weighted by atomic mass is 9.74. The molecule has 0 spiro atoms. The molecule has 4 rings (SSSR count). The zero-order valence-corrected chi connectivity index (χ0v) is 17.0. The standard InChI is InChI=1S/C21H28N4O3/c1-13-9-15(14(2)28-13)19(26)23-17-10-21(3,4)11-18-16(17)12-22-20(24-18)25-5-7-27-8-6-25/h9,12,17H,5-8,10-11H2,1-4H3,(H,23,26)/t17-/m0/s1. The number of nitrogens with one attached hydrogen (secondary N) is 1. The van der Waals surface area contributed by atoms with E-state index in [0.29, 0.717) is 24.5 Å². The number of amides is 1. The van der Waals surface area contributed by atoms with Crippen LogP contribution < -0.4 is 10.2 Å². The Labute approximate surface area is 165 Å². The van der Waals surface area contributed by atoms with E-state index in [1.165, 1.54) is 0 Å². The molecule has 0 saturated carbocycles. The average molecular weight is 384 g/mol. The number of furan rings is 1. The molecule has 1 aliphatic heterocycles. The summed E-state index contributed by atoms with van der Waals surface area (Å²) in [5, 5.41) is 3.19. The Balaban J connectivity index is 1.61. The molecule has 0 bridgehead atoms. The third-order valence-corrected chi connectivity index (χ3v) is 5.55. The number of hydrogen-bond donors (Lipinski definition) is 1. The van der Waals surface area contributed by atoms with Crippen LogP contribution in [-0.2, 0) is 11.2 Å². The van der Waals surface area contributed by atoms with Crippen molar-refractivity contribution in [2.45, 2.75) is 46.6 Å². The van der Waals surface area contributed by atoms with Gasteiger partial charge in [0, 0.05) is 24.8 Å². The Morgan fingerprint density at radius 3 is 2.71 bits per heavy atom. The van der Waals surface area contributed by atoms with Crippen molar-refractivity contribution in [2.24, 2.45) is 5.41 Å². The zero-order chi connectivity index (χ0) is 19.9. The summed E-state index contributed by atoms with van der Waals surface area (Å²) < 4.78 is 10.9. The van der Waals surface area contributed by atoms with E-state index in [-0.39, 0.29) is 17.4 Å². The summed E-state index contributed by atoms with van der Waals surface area (Å²) in [4.78, 5) is 24.5. The SMILES string of the molecule is Cc1cc(C(=O)N[C@H]2CC(C)(C)Cc3nc(N4CCOCC4)ncc32)c(C)o1. The van der Waals surface area contributed by atoms with Gasteiger partial charge in [0.2, 0.25) is 5.95 Å². The second kappa shape index (κ2) is 7.20. The van der Waals surface area contributed by atoms with Gasteiger partial charge in [0.15, 0.2) is 0 Å². The van der Waals surface area contributed by atoms with E-state index < -0.39 is 0 Å². The molecule has 0 aromatic carbocycles. The molecule has 0 radical (unpaired) electrons. The van der Waals surface area contributed by atoms with E-state index in [0.717, 1.165) is 48.9 Å². The van der Waals surface area contributed by atoms with Crippen LogP contribution in [-0.4, -0.2) is 42.2 Å². The van der Waals surface area contributed by atoms with Gasteiger partial charge in [0.05, 0.1) is 30.5 Å². The van der Waals surface area contributed by atoms with Crippen molar-refractivity contribution in [3.05, 3.63) is 40.6 Å². The van der Waals surface area contributed by atoms with Gasteiger partial charge in [0.25, 0.3) is 5.91 Å². The first kappa shape index (κ1) is 18.9. The number of carbonyl (C=O) groups is 1. The smallest absolute Gasteiger partial charge is 0.255 e. The van der Waals surface area contributed by atoms with Crippen LogP contribution in [0.5, 0.6) is 0 Å². The summed E-state index contributed by atoms with van der Waals surface area (Å²) in [6.45, 7) is 11.1. The van der Waals surface area contributed by atoms with Crippen LogP contribution in [0.3, 0.4) is 0 Å². The number of nitrogens with zero attached hydrogens (tertiary/aromatic N) is 3. The Hall–Kier alpha value is -2.41. The van der Waals surface area contributed by atoms with Crippen molar-refractivity contribution in [3.8, 4) is 0 Å². The van der Waals surface area contributed by atoms with Crippen LogP contribution >= 0.6 is 0 Å². The molecule has 1 saturated heterocycles. The normalized spacial score (nSPS) is 21.3. The van der Waals surface area contributed by atoms with Crippen molar-refractivity contribution in [1.82, 2.24) is 15.3 Å². The molecule has 2 aliphatic rings. The second-order valence-electron chi connectivity index (χ2n) is 8.57. The first-order valence-corrected chi connectivity index (χ1v) is 9.89. The summed E-state index contributed by atoms with van der Waals surface area (Å²) in [5.74, 6) is 2.03. The average Bonchev–Trinajstić information content (AvgIpc) is 2.99. The molecule has 1 aliphatic carbocycles. The lowest BCUT2D eigenvalue weighted by Gasteiger charge is -2.37. The van der Waals surface area contributed by atoms with E-state index in [1.807, 2.05) is 20.0 Å². The van der Waals surface area contributed by atoms with E-state index in [1.54, 1.807) is 6.07 Å². The number of morpholine rings is 1. The maximum absolute atomic E-state index is 12.8. The summed E-state index contributed by atoms with van der Waals surface area (Å²) in [7, 11) is 0. The molecule has 1 atom stereocenters. The van der Waals surface area contributed by atoms with Gasteiger partial charge < -0.3 is 19.4 Å². The van der Waals surface area contributed by atoms with Gasteiger partial charge in [-0.25, -0.2) is 9.97 Å². The number of aryl methyl sites for hydroxylation is 2. The van der Waals surface area contributed by atoms with Crippen molar-refractivity contribution in [3.63, 3.8) is 0 Å². The van der Waals surface area contributed by atoms with Crippen molar-refractivity contribution in [2.75, 3.05) is 31.2 Å². The molecule has 7 heteroatoms. The predicted octanol–water partition coefficient (Wildman–Crippen LogP) is 2.97. The van der Waals surface area contributed by atoms with Crippen LogP contribution in [0.1, 0.15) is 59.4 Å². The van der Waals surface area contributed by atoms with Gasteiger partial charge in [0.1, 0.15) is 11.5 Å². The van der Waals surface area contributed by atoms with E-state index >= 15 is 0 Å². The van der Waals surface area contributed by atoms with Gasteiger partial charge in [-0.05, 0) is 38.2 Å². The van der Waals surface area contributed by atoms with Crippen LogP contribution in [0, 0.1) is 19.3 Å². The number of ether oxygens (including phenoxy) is 1. The van der Waals surface area contributed by atoms with Gasteiger partial charge >= 0.3 is 0 Å². The fourth-order valence-corrected chi connectivity index (χ4v) is 4.17. The number of fused-ring (bicyclic) bond motifs is 1. The summed E-state index contributed by atoms with van der Waals surface area (Å²) in [6, 6.07) is 1.68. The fraction of sp³-hybridized carbons (Fsp3) is 0.571. The van der Waals surface area contributed by atoms with Gasteiger partial charge in [-0.3, -0.25) is 4.79 Å². The fourth-order valence-electron chi connectivity index (χ4n) is 4.17. The molecule has 1 N–H and O–H groups in total. The zero-order valence-electron chi connectivity index (χ0n) is 17.0. The van der Waals surface area contributed by atoms with Crippen molar-refractivity contribution < 1.29 is 13.9 Å². The summed E-state index contributed by atoms with van der Waals surface area (Å²) in [5.41, 5.74) is 2.68. The number of aromatic nitrogens is 2. The number of hydrogen-bond acceptors (Lipinski definition) is 6. The third-order valence-electron chi connectivity index (χ3n) is 5.55. The van der Waals surface area contributed by atoms with Crippen LogP contribution in [0.15, 0.2) is 16.7 Å². The van der Waals surface area contributed by atoms with E-state index in [2.05, 4.69) is 29.0 Å². The Bertz CT molecular complexity index is 884. The van der Waals surface area contributed by atoms with Crippen molar-refractivity contribution in [1.29, 1.82) is 0 Å². The van der Waals surface area contributed by atoms with Crippen LogP contribution in [0.2, 0.25) is 0 Å². The minimum Gasteiger partial charge on any atom is -0.466 e. The molecule has 3 heterocycles. The maximum atomic E-state index is 12.8. The van der Waals surface area contributed by atoms with Crippen LogP contribution in [0.4, 0.5) is 5.95 Å². The highest BCUT2D eigenvalue weighted by molar-refractivity contribution is 5.95. The molecule has 2 aromatic rings. The Morgan fingerprint density at radius 2 is 2.04 bits per heavy atom. The molecule has 7 nitrogen and oxygen atoms in total. The molecular formula is C21H28N4O3. The molecule has 2 aromatic heterocycles. The Morgan fingerprint density at radius 1 is 1.29 bits per heavy atom. The molecule has 150 valence electrons. The van der Waals surface area contributed by atoms with Gasteiger partial charge in [-0.1, -0.05) is 13.8 Å². The topological polar surface area (TPSA) is 80.5 Å². The largest absolute Gasteiger partial charge is 0.466 e. The lowest BCUT2D eigenvalue weighted by Crippen LogP contribution is -2.39. The number of anilines is 1. The quantitative estimate of drug-likeness (QED) is 0.876. The minimum atomic E-state index is -0.111. The lowest BCUT2D eigenvalue weighted by molar-refractivity contribution is 0.0917. The van der Waals surface area contributed by atoms with E-state index in [9.17, 15) is 4.79 Å². The number of rotatable bonds is 3. The highest BCUT2D eigenvalue weighted by Crippen LogP contribution is 2.40. The molecule has 0 unspecified atom stereocenters. The monoisotopic (exact) mass is 384 g/mol. The highest BCUT2D eigenvalue weighted by Gasteiger charge is 2.35. The highest BCUT2D eigenvalue weighted by atomic mass is 16.5. The van der Waals surface area contributed by atoms with Crippen LogP contribution in [0.25, 0.3) is 0 Å². The second-order valence-corrected chi connectivity index (χ2v) is 8.57. The third kappa shape index (κ3) is 3.76. The maximum Gasteiger partial charge on any atom is 0.255 e. The summed E-state index contributed by atoms with van der Waals surface area (Å²) in [6.07, 6.45) is 3.61. The summed E-state index contributed by atoms with van der Waals surface area (Å²) >= 11 is 0. The molecular weight excluding hydrogens is 356 g/mol. The van der Waals surface area contributed by atoms with Gasteiger partial charge in [-0.15, -0.1) is 0 Å². The first-order chi connectivity index (χ1) is 13.3. The molecule has 28 heavy (non-hydrogen) atoms.